The topological polar surface area (TPSA) is 63.8 Å². The highest BCUT2D eigenvalue weighted by Crippen LogP contribution is 2.26. The van der Waals surface area contributed by atoms with Crippen LogP contribution >= 0.6 is 15.9 Å². The van der Waals surface area contributed by atoms with Gasteiger partial charge in [0.15, 0.2) is 0 Å². The molecule has 0 aliphatic rings. The van der Waals surface area contributed by atoms with E-state index in [1.54, 1.807) is 0 Å². The highest BCUT2D eigenvalue weighted by atomic mass is 79.9. The number of hydrogen-bond acceptors (Lipinski definition) is 4. The molecule has 0 aliphatic heterocycles. The molecule has 0 aliphatic carbocycles. The average Bonchev–Trinajstić information content (AvgIpc) is 2.39. The maximum Gasteiger partial charge on any atom is 0.148 e. The second-order valence-corrected chi connectivity index (χ2v) is 6.30. The van der Waals surface area contributed by atoms with Gasteiger partial charge in [-0.1, -0.05) is 34.1 Å². The number of benzene rings is 1. The Morgan fingerprint density at radius 2 is 1.90 bits per heavy atom. The lowest BCUT2D eigenvalue weighted by atomic mass is 10.0. The predicted molar refractivity (Wildman–Crippen MR) is 86.5 cm³/mol. The number of nitrogens with zero attached hydrogens (tertiary/aromatic N) is 2. The SMILES string of the molecule is CC(C)(N)CCNc1ccc(-c2ccccc2Br)nn1. The van der Waals surface area contributed by atoms with E-state index in [1.165, 1.54) is 0 Å². The second kappa shape index (κ2) is 6.33. The van der Waals surface area contributed by atoms with Crippen LogP contribution in [0.4, 0.5) is 5.82 Å². The van der Waals surface area contributed by atoms with Gasteiger partial charge in [-0.15, -0.1) is 10.2 Å². The second-order valence-electron chi connectivity index (χ2n) is 5.45. The highest BCUT2D eigenvalue weighted by molar-refractivity contribution is 9.10. The molecule has 0 unspecified atom stereocenters. The number of aromatic nitrogens is 2. The van der Waals surface area contributed by atoms with Gasteiger partial charge in [-0.3, -0.25) is 0 Å². The first-order valence-corrected chi connectivity index (χ1v) is 7.36. The molecular weight excluding hydrogens is 316 g/mol. The van der Waals surface area contributed by atoms with E-state index in [2.05, 4.69) is 31.4 Å². The molecule has 2 rings (SSSR count). The third-order valence-corrected chi connectivity index (χ3v) is 3.58. The van der Waals surface area contributed by atoms with E-state index in [4.69, 9.17) is 5.73 Å². The fourth-order valence-electron chi connectivity index (χ4n) is 1.75. The smallest absolute Gasteiger partial charge is 0.148 e. The summed E-state index contributed by atoms with van der Waals surface area (Å²) in [5.74, 6) is 0.769. The third kappa shape index (κ3) is 4.28. The zero-order valence-electron chi connectivity index (χ0n) is 11.7. The highest BCUT2D eigenvalue weighted by Gasteiger charge is 2.10. The normalized spacial score (nSPS) is 11.4. The van der Waals surface area contributed by atoms with Crippen LogP contribution in [0.15, 0.2) is 40.9 Å². The van der Waals surface area contributed by atoms with Crippen LogP contribution < -0.4 is 11.1 Å². The van der Waals surface area contributed by atoms with E-state index >= 15 is 0 Å². The quantitative estimate of drug-likeness (QED) is 0.878. The lowest BCUT2D eigenvalue weighted by Gasteiger charge is -2.18. The minimum atomic E-state index is -0.171. The van der Waals surface area contributed by atoms with Crippen LogP contribution in [0.5, 0.6) is 0 Å². The number of nitrogens with one attached hydrogen (secondary N) is 1. The molecule has 106 valence electrons. The van der Waals surface area contributed by atoms with Crippen molar-refractivity contribution < 1.29 is 0 Å². The van der Waals surface area contributed by atoms with Crippen LogP contribution in [0, 0.1) is 0 Å². The summed E-state index contributed by atoms with van der Waals surface area (Å²) < 4.78 is 1.01. The van der Waals surface area contributed by atoms with Crippen molar-refractivity contribution in [2.75, 3.05) is 11.9 Å². The van der Waals surface area contributed by atoms with Crippen molar-refractivity contribution in [3.8, 4) is 11.3 Å². The Hall–Kier alpha value is -1.46. The van der Waals surface area contributed by atoms with E-state index in [1.807, 2.05) is 50.2 Å². The Bertz CT molecular complexity index is 561. The summed E-state index contributed by atoms with van der Waals surface area (Å²) in [5, 5.41) is 11.7. The van der Waals surface area contributed by atoms with E-state index in [0.29, 0.717) is 0 Å². The van der Waals surface area contributed by atoms with E-state index in [0.717, 1.165) is 34.5 Å². The molecule has 0 atom stereocenters. The maximum atomic E-state index is 5.94. The monoisotopic (exact) mass is 334 g/mol. The number of nitrogens with two attached hydrogens (primary N) is 1. The molecule has 1 heterocycles. The van der Waals surface area contributed by atoms with E-state index in [-0.39, 0.29) is 5.54 Å². The Morgan fingerprint density at radius 1 is 1.15 bits per heavy atom. The minimum absolute atomic E-state index is 0.171. The van der Waals surface area contributed by atoms with Crippen molar-refractivity contribution in [1.82, 2.24) is 10.2 Å². The Morgan fingerprint density at radius 3 is 2.50 bits per heavy atom. The molecule has 0 bridgehead atoms. The minimum Gasteiger partial charge on any atom is -0.369 e. The summed E-state index contributed by atoms with van der Waals surface area (Å²) in [4.78, 5) is 0. The molecule has 1 aromatic carbocycles. The van der Waals surface area contributed by atoms with E-state index < -0.39 is 0 Å². The summed E-state index contributed by atoms with van der Waals surface area (Å²) in [6.45, 7) is 4.80. The summed E-state index contributed by atoms with van der Waals surface area (Å²) >= 11 is 3.52. The maximum absolute atomic E-state index is 5.94. The molecule has 3 N–H and O–H groups in total. The van der Waals surface area contributed by atoms with Gasteiger partial charge in [0.25, 0.3) is 0 Å². The van der Waals surface area contributed by atoms with Crippen LogP contribution in [0.2, 0.25) is 0 Å². The largest absolute Gasteiger partial charge is 0.369 e. The van der Waals surface area contributed by atoms with Crippen molar-refractivity contribution in [2.24, 2.45) is 5.73 Å². The van der Waals surface area contributed by atoms with Gasteiger partial charge in [-0.25, -0.2) is 0 Å². The number of anilines is 1. The molecule has 5 heteroatoms. The van der Waals surface area contributed by atoms with Gasteiger partial charge in [-0.05, 0) is 38.5 Å². The zero-order valence-corrected chi connectivity index (χ0v) is 13.3. The van der Waals surface area contributed by atoms with Gasteiger partial charge in [0.1, 0.15) is 5.82 Å². The van der Waals surface area contributed by atoms with Crippen LogP contribution in [-0.2, 0) is 0 Å². The Kier molecular flexibility index (Phi) is 4.73. The molecule has 1 aromatic heterocycles. The molecule has 0 amide bonds. The van der Waals surface area contributed by atoms with Gasteiger partial charge in [0.2, 0.25) is 0 Å². The predicted octanol–water partition coefficient (Wildman–Crippen LogP) is 3.45. The first-order valence-electron chi connectivity index (χ1n) is 6.57. The molecule has 20 heavy (non-hydrogen) atoms. The molecule has 0 spiro atoms. The van der Waals surface area contributed by atoms with Gasteiger partial charge in [0, 0.05) is 22.1 Å². The third-order valence-electron chi connectivity index (χ3n) is 2.89. The van der Waals surface area contributed by atoms with Crippen LogP contribution in [-0.4, -0.2) is 22.3 Å². The summed E-state index contributed by atoms with van der Waals surface area (Å²) in [7, 11) is 0. The standard InChI is InChI=1S/C15H19BrN4/c1-15(2,17)9-10-18-14-8-7-13(19-20-14)11-5-3-4-6-12(11)16/h3-8H,9-10,17H2,1-2H3,(H,18,20). The molecule has 0 fully saturated rings. The van der Waals surface area contributed by atoms with Crippen LogP contribution in [0.25, 0.3) is 11.3 Å². The number of halogens is 1. The molecule has 2 aromatic rings. The van der Waals surface area contributed by atoms with Crippen molar-refractivity contribution in [3.05, 3.63) is 40.9 Å². The summed E-state index contributed by atoms with van der Waals surface area (Å²) in [5.41, 5.74) is 7.65. The lowest BCUT2D eigenvalue weighted by Crippen LogP contribution is -2.34. The van der Waals surface area contributed by atoms with Gasteiger partial charge in [-0.2, -0.15) is 0 Å². The molecule has 0 saturated carbocycles. The van der Waals surface area contributed by atoms with Crippen molar-refractivity contribution >= 4 is 21.7 Å². The summed E-state index contributed by atoms with van der Waals surface area (Å²) in [6, 6.07) is 11.9. The first kappa shape index (κ1) is 14.9. The molecule has 0 radical (unpaired) electrons. The molecule has 4 nitrogen and oxygen atoms in total. The number of hydrogen-bond donors (Lipinski definition) is 2. The average molecular weight is 335 g/mol. The van der Waals surface area contributed by atoms with Crippen LogP contribution in [0.1, 0.15) is 20.3 Å². The molecule has 0 saturated heterocycles. The fraction of sp³-hybridized carbons (Fsp3) is 0.333. The van der Waals surface area contributed by atoms with Crippen LogP contribution in [0.3, 0.4) is 0 Å². The fourth-order valence-corrected chi connectivity index (χ4v) is 2.24. The van der Waals surface area contributed by atoms with Crippen molar-refractivity contribution in [2.45, 2.75) is 25.8 Å². The first-order chi connectivity index (χ1) is 9.46. The van der Waals surface area contributed by atoms with E-state index in [9.17, 15) is 0 Å². The number of rotatable bonds is 5. The van der Waals surface area contributed by atoms with Gasteiger partial charge in [0.05, 0.1) is 5.69 Å². The summed E-state index contributed by atoms with van der Waals surface area (Å²) in [6.07, 6.45) is 0.876. The van der Waals surface area contributed by atoms with Crippen molar-refractivity contribution in [1.29, 1.82) is 0 Å². The van der Waals surface area contributed by atoms with Gasteiger partial charge >= 0.3 is 0 Å². The Balaban J connectivity index is 2.02. The lowest BCUT2D eigenvalue weighted by molar-refractivity contribution is 0.490. The van der Waals surface area contributed by atoms with Crippen molar-refractivity contribution in [3.63, 3.8) is 0 Å². The zero-order chi connectivity index (χ0) is 14.6. The Labute approximate surface area is 127 Å². The molecular formula is C15H19BrN4. The van der Waals surface area contributed by atoms with Gasteiger partial charge < -0.3 is 11.1 Å².